The minimum atomic E-state index is -0.579. The highest BCUT2D eigenvalue weighted by Crippen LogP contribution is 2.34. The maximum Gasteiger partial charge on any atom is 0.312 e. The Balaban J connectivity index is 2.72. The van der Waals surface area contributed by atoms with Gasteiger partial charge in [0.1, 0.15) is 0 Å². The van der Waals surface area contributed by atoms with E-state index in [1.165, 1.54) is 18.2 Å². The Morgan fingerprint density at radius 2 is 2.32 bits per heavy atom. The van der Waals surface area contributed by atoms with Gasteiger partial charge in [-0.1, -0.05) is 17.7 Å². The number of halogens is 1. The van der Waals surface area contributed by atoms with Crippen LogP contribution < -0.4 is 15.8 Å². The fourth-order valence-corrected chi connectivity index (χ4v) is 1.72. The first-order valence-electron chi connectivity index (χ1n) is 5.49. The highest BCUT2D eigenvalue weighted by molar-refractivity contribution is 6.32. The van der Waals surface area contributed by atoms with E-state index in [4.69, 9.17) is 22.1 Å². The second-order valence-electron chi connectivity index (χ2n) is 3.73. The Hall–Kier alpha value is -1.86. The zero-order valence-electron chi connectivity index (χ0n) is 10.3. The highest BCUT2D eigenvalue weighted by Gasteiger charge is 2.19. The van der Waals surface area contributed by atoms with Crippen LogP contribution in [0.25, 0.3) is 0 Å². The third kappa shape index (κ3) is 4.08. The molecule has 0 saturated carbocycles. The number of hydrogen-bond donors (Lipinski definition) is 2. The molecular weight excluding hydrogens is 274 g/mol. The monoisotopic (exact) mass is 287 g/mol. The molecule has 19 heavy (non-hydrogen) atoms. The van der Waals surface area contributed by atoms with Gasteiger partial charge in [-0.15, -0.1) is 0 Å². The first kappa shape index (κ1) is 15.2. The lowest BCUT2D eigenvalue weighted by Gasteiger charge is -2.13. The molecule has 1 aromatic carbocycles. The summed E-state index contributed by atoms with van der Waals surface area (Å²) in [5.41, 5.74) is 4.93. The molecule has 1 amide bonds. The number of nitrogens with two attached hydrogens (primary N) is 1. The van der Waals surface area contributed by atoms with E-state index in [9.17, 15) is 14.9 Å². The average Bonchev–Trinajstić information content (AvgIpc) is 2.35. The summed E-state index contributed by atoms with van der Waals surface area (Å²) >= 11 is 5.85. The number of likely N-dealkylation sites (N-methyl/N-ethyl adjacent to an activating group) is 1. The van der Waals surface area contributed by atoms with Gasteiger partial charge in [0.05, 0.1) is 22.6 Å². The van der Waals surface area contributed by atoms with Gasteiger partial charge in [0, 0.05) is 12.5 Å². The number of amides is 1. The number of para-hydroxylation sites is 1. The molecule has 104 valence electrons. The number of primary amides is 1. The fourth-order valence-electron chi connectivity index (χ4n) is 1.49. The number of ether oxygens (including phenoxy) is 1. The predicted molar refractivity (Wildman–Crippen MR) is 70.3 cm³/mol. The standard InChI is InChI=1S/C11H14ClN3O4/c1-14-8(11(13)16)5-6-19-10-7(12)3-2-4-9(10)15(17)18/h2-4,8,14H,5-6H2,1H3,(H2,13,16). The number of nitrogens with one attached hydrogen (secondary N) is 1. The van der Waals surface area contributed by atoms with E-state index in [2.05, 4.69) is 5.32 Å². The van der Waals surface area contributed by atoms with Gasteiger partial charge in [0.2, 0.25) is 11.7 Å². The van der Waals surface area contributed by atoms with Crippen molar-refractivity contribution in [3.8, 4) is 5.75 Å². The van der Waals surface area contributed by atoms with Crippen LogP contribution in [0, 0.1) is 10.1 Å². The third-order valence-corrected chi connectivity index (χ3v) is 2.79. The van der Waals surface area contributed by atoms with Crippen LogP contribution in [0.3, 0.4) is 0 Å². The molecule has 0 aromatic heterocycles. The lowest BCUT2D eigenvalue weighted by molar-refractivity contribution is -0.385. The second kappa shape index (κ2) is 6.91. The van der Waals surface area contributed by atoms with E-state index in [1.54, 1.807) is 7.05 Å². The second-order valence-corrected chi connectivity index (χ2v) is 4.13. The number of carbonyl (C=O) groups excluding carboxylic acids is 1. The van der Waals surface area contributed by atoms with Crippen molar-refractivity contribution >= 4 is 23.2 Å². The summed E-state index contributed by atoms with van der Waals surface area (Å²) in [5.74, 6) is -0.520. The summed E-state index contributed by atoms with van der Waals surface area (Å²) < 4.78 is 5.29. The molecule has 0 bridgehead atoms. The minimum absolute atomic E-state index is 0.00603. The first-order chi connectivity index (χ1) is 8.97. The van der Waals surface area contributed by atoms with E-state index in [-0.39, 0.29) is 29.5 Å². The summed E-state index contributed by atoms with van der Waals surface area (Å²) in [6, 6.07) is 3.70. The molecule has 0 saturated heterocycles. The molecule has 8 heteroatoms. The van der Waals surface area contributed by atoms with E-state index < -0.39 is 16.9 Å². The number of rotatable bonds is 7. The van der Waals surface area contributed by atoms with Crippen LogP contribution in [0.5, 0.6) is 5.75 Å². The molecule has 7 nitrogen and oxygen atoms in total. The molecule has 0 aliphatic carbocycles. The van der Waals surface area contributed by atoms with Crippen molar-refractivity contribution in [1.82, 2.24) is 5.32 Å². The van der Waals surface area contributed by atoms with Crippen molar-refractivity contribution in [3.63, 3.8) is 0 Å². The molecule has 1 aromatic rings. The Kier molecular flexibility index (Phi) is 5.53. The molecule has 0 aliphatic heterocycles. The number of hydrogen-bond acceptors (Lipinski definition) is 5. The van der Waals surface area contributed by atoms with Gasteiger partial charge in [-0.25, -0.2) is 0 Å². The lowest BCUT2D eigenvalue weighted by Crippen LogP contribution is -2.40. The predicted octanol–water partition coefficient (Wildman–Crippen LogP) is 1.09. The van der Waals surface area contributed by atoms with Gasteiger partial charge in [-0.05, 0) is 13.1 Å². The topological polar surface area (TPSA) is 107 Å². The molecule has 1 unspecified atom stereocenters. The zero-order valence-corrected chi connectivity index (χ0v) is 11.0. The summed E-state index contributed by atoms with van der Waals surface area (Å²) in [4.78, 5) is 21.2. The van der Waals surface area contributed by atoms with Gasteiger partial charge >= 0.3 is 5.69 Å². The van der Waals surface area contributed by atoms with Crippen molar-refractivity contribution in [2.45, 2.75) is 12.5 Å². The molecule has 1 atom stereocenters. The van der Waals surface area contributed by atoms with Crippen LogP contribution in [0.2, 0.25) is 5.02 Å². The van der Waals surface area contributed by atoms with Crippen molar-refractivity contribution in [1.29, 1.82) is 0 Å². The van der Waals surface area contributed by atoms with E-state index in [1.807, 2.05) is 0 Å². The summed E-state index contributed by atoms with van der Waals surface area (Å²) in [6.45, 7) is 0.0824. The zero-order chi connectivity index (χ0) is 14.4. The van der Waals surface area contributed by atoms with Gasteiger partial charge in [0.25, 0.3) is 0 Å². The molecule has 0 aliphatic rings. The quantitative estimate of drug-likeness (QED) is 0.576. The van der Waals surface area contributed by atoms with Crippen molar-refractivity contribution in [2.24, 2.45) is 5.73 Å². The number of nitro benzene ring substituents is 1. The van der Waals surface area contributed by atoms with Crippen molar-refractivity contribution in [3.05, 3.63) is 33.3 Å². The van der Waals surface area contributed by atoms with Crippen LogP contribution in [0.4, 0.5) is 5.69 Å². The maximum atomic E-state index is 11.0. The summed E-state index contributed by atoms with van der Waals surface area (Å²) in [6.07, 6.45) is 0.286. The normalized spacial score (nSPS) is 11.9. The Bertz CT molecular complexity index is 481. The van der Waals surface area contributed by atoms with Gasteiger partial charge in [-0.3, -0.25) is 14.9 Å². The minimum Gasteiger partial charge on any atom is -0.486 e. The van der Waals surface area contributed by atoms with Crippen LogP contribution in [0.15, 0.2) is 18.2 Å². The largest absolute Gasteiger partial charge is 0.486 e. The van der Waals surface area contributed by atoms with E-state index >= 15 is 0 Å². The highest BCUT2D eigenvalue weighted by atomic mass is 35.5. The number of carbonyl (C=O) groups is 1. The lowest BCUT2D eigenvalue weighted by atomic mass is 10.2. The molecular formula is C11H14ClN3O4. The van der Waals surface area contributed by atoms with Crippen LogP contribution in [-0.2, 0) is 4.79 Å². The molecule has 0 fully saturated rings. The van der Waals surface area contributed by atoms with Crippen LogP contribution >= 0.6 is 11.6 Å². The third-order valence-electron chi connectivity index (χ3n) is 2.49. The number of nitrogens with zero attached hydrogens (tertiary/aromatic N) is 1. The van der Waals surface area contributed by atoms with Gasteiger partial charge < -0.3 is 15.8 Å². The molecule has 0 spiro atoms. The van der Waals surface area contributed by atoms with Crippen LogP contribution in [0.1, 0.15) is 6.42 Å². The molecule has 1 rings (SSSR count). The summed E-state index contributed by atoms with van der Waals surface area (Å²) in [7, 11) is 1.59. The van der Waals surface area contributed by atoms with Gasteiger partial charge in [0.15, 0.2) is 0 Å². The fraction of sp³-hybridized carbons (Fsp3) is 0.364. The van der Waals surface area contributed by atoms with Gasteiger partial charge in [-0.2, -0.15) is 0 Å². The SMILES string of the molecule is CNC(CCOc1c(Cl)cccc1[N+](=O)[O-])C(N)=O. The Labute approximate surface area is 114 Å². The molecule has 0 radical (unpaired) electrons. The first-order valence-corrected chi connectivity index (χ1v) is 5.87. The smallest absolute Gasteiger partial charge is 0.312 e. The number of nitro groups is 1. The van der Waals surface area contributed by atoms with Crippen LogP contribution in [-0.4, -0.2) is 30.5 Å². The van der Waals surface area contributed by atoms with Crippen molar-refractivity contribution < 1.29 is 14.5 Å². The van der Waals surface area contributed by atoms with E-state index in [0.29, 0.717) is 0 Å². The summed E-state index contributed by atoms with van der Waals surface area (Å²) in [5, 5.41) is 13.7. The Morgan fingerprint density at radius 1 is 1.63 bits per heavy atom. The Morgan fingerprint density at radius 3 is 2.84 bits per heavy atom. The maximum absolute atomic E-state index is 11.0. The number of benzene rings is 1. The average molecular weight is 288 g/mol. The van der Waals surface area contributed by atoms with E-state index in [0.717, 1.165) is 0 Å². The molecule has 3 N–H and O–H groups in total. The van der Waals surface area contributed by atoms with Crippen molar-refractivity contribution in [2.75, 3.05) is 13.7 Å². The molecule has 0 heterocycles.